The van der Waals surface area contributed by atoms with Gasteiger partial charge in [0.25, 0.3) is 0 Å². The number of aliphatic carboxylic acids is 3. The Morgan fingerprint density at radius 1 is 0.583 bits per heavy atom. The molecule has 0 aliphatic heterocycles. The van der Waals surface area contributed by atoms with Gasteiger partial charge < -0.3 is 47.5 Å². The van der Waals surface area contributed by atoms with Crippen LogP contribution in [0.5, 0.6) is 0 Å². The van der Waals surface area contributed by atoms with Crippen LogP contribution in [0.25, 0.3) is 32.7 Å². The minimum Gasteiger partial charge on any atom is -0.480 e. The van der Waals surface area contributed by atoms with Gasteiger partial charge in [-0.3, -0.25) is 14.4 Å². The fourth-order valence-electron chi connectivity index (χ4n) is 4.27. The third-order valence-electron chi connectivity index (χ3n) is 6.65. The van der Waals surface area contributed by atoms with E-state index in [2.05, 4.69) is 15.0 Å². The Balaban J connectivity index is 0.000000420. The van der Waals surface area contributed by atoms with E-state index in [9.17, 15) is 14.4 Å². The predicted molar refractivity (Wildman–Crippen MR) is 204 cm³/mol. The molecule has 6 aromatic rings. The molecule has 12 N–H and O–H groups in total. The third kappa shape index (κ3) is 10.8. The summed E-state index contributed by atoms with van der Waals surface area (Å²) in [5, 5.41) is 27.9. The highest BCUT2D eigenvalue weighted by atomic mass is 32.1. The van der Waals surface area contributed by atoms with E-state index in [1.54, 1.807) is 0 Å². The van der Waals surface area contributed by atoms with Gasteiger partial charge in [0.1, 0.15) is 18.1 Å². The average molecular weight is 724 g/mol. The summed E-state index contributed by atoms with van der Waals surface area (Å²) in [6.45, 7) is 0. The van der Waals surface area contributed by atoms with Gasteiger partial charge in [-0.1, -0.05) is 54.5 Å². The quantitative estimate of drug-likeness (QED) is 0.106. The Morgan fingerprint density at radius 2 is 1.02 bits per heavy atom. The number of para-hydroxylation sites is 3. The molecule has 0 aliphatic carbocycles. The minimum absolute atomic E-state index is 0. The zero-order valence-electron chi connectivity index (χ0n) is 34.1. The second kappa shape index (κ2) is 19.4. The van der Waals surface area contributed by atoms with Crippen molar-refractivity contribution in [3.63, 3.8) is 0 Å². The molecule has 0 radical (unpaired) electrons. The number of nitrogens with one attached hydrogen (secondary N) is 3. The maximum Gasteiger partial charge on any atom is 0.320 e. The van der Waals surface area contributed by atoms with Gasteiger partial charge in [0, 0.05) is 70.5 Å². The van der Waals surface area contributed by atoms with Crippen molar-refractivity contribution in [2.24, 2.45) is 17.2 Å². The molecular formula is C33H42N6O6S3. The Labute approximate surface area is 310 Å². The van der Waals surface area contributed by atoms with Gasteiger partial charge in [0.15, 0.2) is 0 Å². The molecule has 258 valence electrons. The van der Waals surface area contributed by atoms with Crippen LogP contribution in [-0.2, 0) is 33.6 Å². The number of carbonyl (C=O) groups is 3. The van der Waals surface area contributed by atoms with Crippen molar-refractivity contribution in [3.8, 4) is 0 Å². The predicted octanol–water partition coefficient (Wildman–Crippen LogP) is 3.71. The van der Waals surface area contributed by atoms with Crippen LogP contribution in [0.1, 0.15) is 29.0 Å². The molecule has 6 rings (SSSR count). The maximum absolute atomic E-state index is 10.8. The second-order valence-electron chi connectivity index (χ2n) is 9.84. The number of hydrogen-bond donors (Lipinski definition) is 9. The summed E-state index contributed by atoms with van der Waals surface area (Å²) in [6.07, 6.45) is 1.72. The number of carboxylic acids is 3. The molecule has 0 bridgehead atoms. The molecule has 3 atom stereocenters. The number of hydrogen-bond acceptors (Lipinski definition) is 6. The van der Waals surface area contributed by atoms with Crippen LogP contribution >= 0.6 is 40.5 Å². The molecule has 12 nitrogen and oxygen atoms in total. The number of fused-ring (bicyclic) bond motifs is 3. The first kappa shape index (κ1) is 28.6. The van der Waals surface area contributed by atoms with E-state index in [-0.39, 0.29) is 118 Å². The number of aromatic nitrogens is 3. The normalized spacial score (nSPS) is 14.7. The number of rotatable bonds is 9. The van der Waals surface area contributed by atoms with Gasteiger partial charge in [-0.05, 0) is 34.8 Å². The molecule has 0 amide bonds. The molecule has 0 saturated heterocycles. The van der Waals surface area contributed by atoms with Gasteiger partial charge in [-0.15, -0.1) is 0 Å². The summed E-state index contributed by atoms with van der Waals surface area (Å²) in [5.74, 6) is -3.39. The van der Waals surface area contributed by atoms with E-state index in [1.165, 1.54) is 6.07 Å². The van der Waals surface area contributed by atoms with Crippen molar-refractivity contribution in [1.82, 2.24) is 15.0 Å². The van der Waals surface area contributed by atoms with Crippen molar-refractivity contribution in [2.45, 2.75) is 37.4 Å². The lowest BCUT2D eigenvalue weighted by atomic mass is 10.1. The summed E-state index contributed by atoms with van der Waals surface area (Å²) in [4.78, 5) is 40.5. The Kier molecular flexibility index (Phi) is 11.6. The lowest BCUT2D eigenvalue weighted by Crippen LogP contribution is -2.32. The van der Waals surface area contributed by atoms with E-state index < -0.39 is 48.1 Å². The molecular weight excluding hydrogens is 673 g/mol. The number of carboxylic acid groups (broad SMARTS) is 3. The fourth-order valence-corrected chi connectivity index (χ4v) is 4.27. The van der Waals surface area contributed by atoms with Crippen LogP contribution in [0, 0.1) is 0 Å². The van der Waals surface area contributed by atoms with Crippen LogP contribution in [0.15, 0.2) is 91.2 Å². The van der Waals surface area contributed by atoms with Gasteiger partial charge in [0.05, 0.1) is 12.3 Å². The molecule has 3 unspecified atom stereocenters. The molecule has 3 aromatic heterocycles. The first-order valence-electron chi connectivity index (χ1n) is 17.9. The molecule has 3 heterocycles. The number of nitrogens with two attached hydrogens (primary N) is 3. The van der Waals surface area contributed by atoms with Crippen LogP contribution in [-0.4, -0.2) is 66.3 Å². The van der Waals surface area contributed by atoms with Crippen LogP contribution in [0.4, 0.5) is 0 Å². The Bertz CT molecular complexity index is 2410. The smallest absolute Gasteiger partial charge is 0.320 e. The monoisotopic (exact) mass is 723 g/mol. The SMILES string of the molecule is NC(Cc1c[nH]c2ccccc12)C(=O)O.S.S.S.[2H]c1[nH]c2c([2H])c([2H])c([2H])c([2H])c2c1CC(N)C(=O)O.[2H]c1cc2c(CC(N)C(=O)O)c([2H])[nH]c2c([2H])c1[2H]. The Hall–Kier alpha value is -4.38. The van der Waals surface area contributed by atoms with Gasteiger partial charge >= 0.3 is 17.9 Å². The standard InChI is InChI=1S/3C11H12N2O2.3H2S/c3*12-9(11(14)15)5-7-6-13-10-4-2-1-3-8(7)10;;;/h3*1-4,6,9,13H,5,12H2,(H,14,15);3*1H2/i1D,2D,3D,4D,6D;1D,2D,4D,6D;;;;. The van der Waals surface area contributed by atoms with Gasteiger partial charge in [0.2, 0.25) is 0 Å². The van der Waals surface area contributed by atoms with E-state index in [0.29, 0.717) is 17.4 Å². The molecule has 3 aromatic carbocycles. The van der Waals surface area contributed by atoms with E-state index in [0.717, 1.165) is 16.5 Å². The lowest BCUT2D eigenvalue weighted by Gasteiger charge is -2.04. The highest BCUT2D eigenvalue weighted by Crippen LogP contribution is 2.20. The fraction of sp³-hybridized carbons (Fsp3) is 0.182. The summed E-state index contributed by atoms with van der Waals surface area (Å²) in [5.41, 5.74) is 19.2. The molecule has 0 aliphatic rings. The molecule has 0 spiro atoms. The molecule has 0 saturated carbocycles. The first-order valence-corrected chi connectivity index (χ1v) is 13.4. The summed E-state index contributed by atoms with van der Waals surface area (Å²) >= 11 is 0. The largest absolute Gasteiger partial charge is 0.480 e. The first-order chi connectivity index (χ1) is 25.3. The third-order valence-corrected chi connectivity index (χ3v) is 6.65. The zero-order chi connectivity index (χ0) is 40.3. The topological polar surface area (TPSA) is 237 Å². The Morgan fingerprint density at radius 3 is 1.58 bits per heavy atom. The van der Waals surface area contributed by atoms with Crippen LogP contribution in [0.2, 0.25) is 0 Å². The lowest BCUT2D eigenvalue weighted by molar-refractivity contribution is -0.139. The van der Waals surface area contributed by atoms with Crippen LogP contribution < -0.4 is 17.2 Å². The van der Waals surface area contributed by atoms with Crippen LogP contribution in [0.3, 0.4) is 0 Å². The highest BCUT2D eigenvalue weighted by Gasteiger charge is 2.16. The number of aromatic amines is 3. The van der Waals surface area contributed by atoms with Gasteiger partial charge in [-0.25, -0.2) is 0 Å². The molecule has 48 heavy (non-hydrogen) atoms. The number of H-pyrrole nitrogens is 3. The van der Waals surface area contributed by atoms with Crippen molar-refractivity contribution in [1.29, 1.82) is 0 Å². The highest BCUT2D eigenvalue weighted by molar-refractivity contribution is 7.59. The summed E-state index contributed by atoms with van der Waals surface area (Å²) < 4.78 is 69.2. The second-order valence-corrected chi connectivity index (χ2v) is 9.84. The maximum atomic E-state index is 10.8. The summed E-state index contributed by atoms with van der Waals surface area (Å²) in [6, 6.07) is 3.91. The van der Waals surface area contributed by atoms with Crippen molar-refractivity contribution >= 4 is 91.1 Å². The molecule has 15 heteroatoms. The van der Waals surface area contributed by atoms with Crippen molar-refractivity contribution < 1.29 is 42.0 Å². The van der Waals surface area contributed by atoms with Gasteiger partial charge in [-0.2, -0.15) is 40.5 Å². The van der Waals surface area contributed by atoms with Crippen molar-refractivity contribution in [2.75, 3.05) is 0 Å². The van der Waals surface area contributed by atoms with E-state index >= 15 is 0 Å². The average Bonchev–Trinajstić information content (AvgIpc) is 3.78. The van der Waals surface area contributed by atoms with E-state index in [4.69, 9.17) is 44.9 Å². The minimum atomic E-state index is -1.24. The number of benzene rings is 3. The van der Waals surface area contributed by atoms with Crippen molar-refractivity contribution in [3.05, 3.63) is 108 Å². The summed E-state index contributed by atoms with van der Waals surface area (Å²) in [7, 11) is 0. The molecule has 0 fully saturated rings. The zero-order valence-corrected chi connectivity index (χ0v) is 28.1. The van der Waals surface area contributed by atoms with E-state index in [1.807, 2.05) is 30.5 Å².